The summed E-state index contributed by atoms with van der Waals surface area (Å²) in [5.41, 5.74) is -0.280. The molecule has 0 aliphatic carbocycles. The average molecular weight is 503 g/mol. The number of carbonyl (C=O) groups is 1. The minimum Gasteiger partial charge on any atom is -0.465 e. The zero-order valence-corrected chi connectivity index (χ0v) is 25.2. The van der Waals surface area contributed by atoms with E-state index in [1.54, 1.807) is 6.20 Å². The standard InChI is InChI=1S/C23H46N2O4SSi2/c1-21(2,3)18(29-32(12,13)23(7,8)9)17(28-31(10,11)22(4,5)6)16(25-20(26)27)19-24-14-15-30-19/h14-18,25H,1-13H3,(H,26,27)/t16-,17+,18?/m1/s1. The second-order valence-corrected chi connectivity index (χ2v) is 23.2. The Morgan fingerprint density at radius 3 is 1.78 bits per heavy atom. The fourth-order valence-corrected chi connectivity index (χ4v) is 6.35. The maximum Gasteiger partial charge on any atom is 0.405 e. The van der Waals surface area contributed by atoms with Crippen molar-refractivity contribution in [2.24, 2.45) is 5.41 Å². The Morgan fingerprint density at radius 1 is 0.969 bits per heavy atom. The topological polar surface area (TPSA) is 80.7 Å². The number of amides is 1. The van der Waals surface area contributed by atoms with Crippen molar-refractivity contribution in [1.29, 1.82) is 0 Å². The van der Waals surface area contributed by atoms with E-state index < -0.39 is 34.9 Å². The van der Waals surface area contributed by atoms with Crippen molar-refractivity contribution in [3.8, 4) is 0 Å². The molecular formula is C23H46N2O4SSi2. The summed E-state index contributed by atoms with van der Waals surface area (Å²) < 4.78 is 14.0. The predicted molar refractivity (Wildman–Crippen MR) is 140 cm³/mol. The molecule has 6 nitrogen and oxygen atoms in total. The van der Waals surface area contributed by atoms with Gasteiger partial charge in [0, 0.05) is 11.6 Å². The van der Waals surface area contributed by atoms with Gasteiger partial charge in [-0.25, -0.2) is 9.78 Å². The van der Waals surface area contributed by atoms with Crippen molar-refractivity contribution in [3.63, 3.8) is 0 Å². The molecule has 1 aromatic rings. The Kier molecular flexibility index (Phi) is 9.02. The van der Waals surface area contributed by atoms with E-state index in [1.165, 1.54) is 11.3 Å². The number of hydrogen-bond donors (Lipinski definition) is 2. The van der Waals surface area contributed by atoms with Crippen LogP contribution in [0.2, 0.25) is 36.3 Å². The first-order valence-corrected chi connectivity index (χ1v) is 18.0. The number of nitrogens with one attached hydrogen (secondary N) is 1. The van der Waals surface area contributed by atoms with Crippen molar-refractivity contribution in [2.45, 2.75) is 117 Å². The Balaban J connectivity index is 3.69. The summed E-state index contributed by atoms with van der Waals surface area (Å²) in [6, 6.07) is -0.615. The SMILES string of the molecule is CC(C)(C)C(O[Si](C)(C)C(C)(C)C)[C@@H](O[Si](C)(C)C(C)(C)C)[C@@H](NC(=O)O)c1nccs1. The minimum atomic E-state index is -2.28. The molecule has 9 heteroatoms. The van der Waals surface area contributed by atoms with E-state index in [0.717, 1.165) is 0 Å². The largest absolute Gasteiger partial charge is 0.465 e. The Labute approximate surface area is 201 Å². The molecule has 0 fully saturated rings. The molecule has 32 heavy (non-hydrogen) atoms. The third-order valence-electron chi connectivity index (χ3n) is 6.94. The van der Waals surface area contributed by atoms with Gasteiger partial charge in [0.1, 0.15) is 11.0 Å². The van der Waals surface area contributed by atoms with Gasteiger partial charge < -0.3 is 19.3 Å². The molecule has 186 valence electrons. The summed E-state index contributed by atoms with van der Waals surface area (Å²) in [4.78, 5) is 16.4. The molecule has 0 aliphatic rings. The van der Waals surface area contributed by atoms with E-state index in [-0.39, 0.29) is 21.6 Å². The summed E-state index contributed by atoms with van der Waals surface area (Å²) in [6.07, 6.45) is -0.208. The highest BCUT2D eigenvalue weighted by Gasteiger charge is 2.50. The van der Waals surface area contributed by atoms with Crippen molar-refractivity contribution in [1.82, 2.24) is 10.3 Å². The lowest BCUT2D eigenvalue weighted by Gasteiger charge is -2.50. The van der Waals surface area contributed by atoms with Crippen molar-refractivity contribution in [2.75, 3.05) is 0 Å². The summed E-state index contributed by atoms with van der Waals surface area (Å²) in [6.45, 7) is 28.5. The highest BCUT2D eigenvalue weighted by atomic mass is 32.1. The normalized spacial score (nSPS) is 17.0. The molecule has 0 saturated carbocycles. The smallest absolute Gasteiger partial charge is 0.405 e. The van der Waals surface area contributed by atoms with Crippen LogP contribution in [0.3, 0.4) is 0 Å². The molecule has 0 aliphatic heterocycles. The lowest BCUT2D eigenvalue weighted by Crippen LogP contribution is -2.59. The first-order chi connectivity index (χ1) is 14.1. The maximum absolute atomic E-state index is 11.9. The molecule has 1 amide bonds. The quantitative estimate of drug-likeness (QED) is 0.365. The predicted octanol–water partition coefficient (Wildman–Crippen LogP) is 7.28. The summed E-state index contributed by atoms with van der Waals surface area (Å²) in [7, 11) is -4.47. The molecular weight excluding hydrogens is 457 g/mol. The number of rotatable bonds is 8. The van der Waals surface area contributed by atoms with Gasteiger partial charge in [0.2, 0.25) is 0 Å². The molecule has 0 radical (unpaired) electrons. The van der Waals surface area contributed by atoms with Gasteiger partial charge in [-0.3, -0.25) is 0 Å². The molecule has 0 bridgehead atoms. The molecule has 1 unspecified atom stereocenters. The van der Waals surface area contributed by atoms with Crippen LogP contribution in [-0.4, -0.2) is 45.0 Å². The molecule has 0 saturated heterocycles. The van der Waals surface area contributed by atoms with E-state index in [1.807, 2.05) is 5.38 Å². The molecule has 2 N–H and O–H groups in total. The molecule has 0 spiro atoms. The highest BCUT2D eigenvalue weighted by molar-refractivity contribution is 7.09. The molecule has 1 heterocycles. The summed E-state index contributed by atoms with van der Waals surface area (Å²) >= 11 is 1.44. The summed E-state index contributed by atoms with van der Waals surface area (Å²) in [5, 5.41) is 15.0. The van der Waals surface area contributed by atoms with Crippen LogP contribution in [0.15, 0.2) is 11.6 Å². The number of nitrogens with zero attached hydrogens (tertiary/aromatic N) is 1. The zero-order valence-electron chi connectivity index (χ0n) is 22.4. The molecule has 1 rings (SSSR count). The molecule has 1 aromatic heterocycles. The summed E-state index contributed by atoms with van der Waals surface area (Å²) in [5.74, 6) is 0. The first kappa shape index (κ1) is 29.3. The lowest BCUT2D eigenvalue weighted by atomic mass is 9.83. The van der Waals surface area contributed by atoms with E-state index in [4.69, 9.17) is 8.85 Å². The molecule has 3 atom stereocenters. The van der Waals surface area contributed by atoms with E-state index >= 15 is 0 Å². The van der Waals surface area contributed by atoms with Gasteiger partial charge in [-0.1, -0.05) is 62.3 Å². The van der Waals surface area contributed by atoms with E-state index in [2.05, 4.69) is 98.8 Å². The van der Waals surface area contributed by atoms with Crippen LogP contribution >= 0.6 is 11.3 Å². The van der Waals surface area contributed by atoms with Gasteiger partial charge in [-0.05, 0) is 41.7 Å². The van der Waals surface area contributed by atoms with Gasteiger partial charge >= 0.3 is 6.09 Å². The Hall–Kier alpha value is -0.746. The second kappa shape index (κ2) is 9.86. The first-order valence-electron chi connectivity index (χ1n) is 11.3. The number of carboxylic acid groups (broad SMARTS) is 1. The third kappa shape index (κ3) is 7.38. The Bertz CT molecular complexity index is 748. The fraction of sp³-hybridized carbons (Fsp3) is 0.826. The van der Waals surface area contributed by atoms with Crippen LogP contribution in [0.25, 0.3) is 0 Å². The van der Waals surface area contributed by atoms with Crippen LogP contribution in [0.1, 0.15) is 73.4 Å². The van der Waals surface area contributed by atoms with Crippen molar-refractivity contribution in [3.05, 3.63) is 16.6 Å². The Morgan fingerprint density at radius 2 is 1.44 bits per heavy atom. The highest BCUT2D eigenvalue weighted by Crippen LogP contribution is 2.45. The molecule has 0 aromatic carbocycles. The number of thiazole rings is 1. The number of aromatic nitrogens is 1. The van der Waals surface area contributed by atoms with Crippen molar-refractivity contribution < 1.29 is 18.8 Å². The van der Waals surface area contributed by atoms with Crippen LogP contribution in [-0.2, 0) is 8.85 Å². The fourth-order valence-electron chi connectivity index (χ4n) is 2.86. The van der Waals surface area contributed by atoms with E-state index in [9.17, 15) is 9.90 Å². The average Bonchev–Trinajstić information content (AvgIpc) is 3.07. The van der Waals surface area contributed by atoms with Crippen LogP contribution in [0, 0.1) is 5.41 Å². The zero-order chi connectivity index (χ0) is 25.3. The van der Waals surface area contributed by atoms with Gasteiger partial charge in [-0.2, -0.15) is 0 Å². The van der Waals surface area contributed by atoms with Crippen LogP contribution in [0.5, 0.6) is 0 Å². The monoisotopic (exact) mass is 502 g/mol. The van der Waals surface area contributed by atoms with Crippen LogP contribution < -0.4 is 5.32 Å². The third-order valence-corrected chi connectivity index (χ3v) is 16.7. The second-order valence-electron chi connectivity index (χ2n) is 12.8. The van der Waals surface area contributed by atoms with Crippen LogP contribution in [0.4, 0.5) is 4.79 Å². The number of hydrogen-bond acceptors (Lipinski definition) is 5. The van der Waals surface area contributed by atoms with Gasteiger partial charge in [0.05, 0.1) is 12.2 Å². The minimum absolute atomic E-state index is 0.00886. The van der Waals surface area contributed by atoms with Gasteiger partial charge in [0.25, 0.3) is 0 Å². The van der Waals surface area contributed by atoms with E-state index in [0.29, 0.717) is 5.01 Å². The lowest BCUT2D eigenvalue weighted by molar-refractivity contribution is -0.0447. The van der Waals surface area contributed by atoms with Gasteiger partial charge in [0.15, 0.2) is 16.6 Å². The maximum atomic E-state index is 11.9. The van der Waals surface area contributed by atoms with Gasteiger partial charge in [-0.15, -0.1) is 11.3 Å². The van der Waals surface area contributed by atoms with Crippen molar-refractivity contribution >= 4 is 34.1 Å².